The van der Waals surface area contributed by atoms with Crippen LogP contribution >= 0.6 is 0 Å². The van der Waals surface area contributed by atoms with Crippen LogP contribution in [0.2, 0.25) is 0 Å². The summed E-state index contributed by atoms with van der Waals surface area (Å²) in [6.07, 6.45) is 5.14. The molecule has 126 valence electrons. The van der Waals surface area contributed by atoms with Crippen molar-refractivity contribution in [3.8, 4) is 0 Å². The summed E-state index contributed by atoms with van der Waals surface area (Å²) >= 11 is 0. The zero-order chi connectivity index (χ0) is 16.4. The number of benzene rings is 1. The van der Waals surface area contributed by atoms with Gasteiger partial charge >= 0.3 is 0 Å². The lowest BCUT2D eigenvalue weighted by atomic mass is 10.0. The Kier molecular flexibility index (Phi) is 4.25. The van der Waals surface area contributed by atoms with Crippen LogP contribution in [0.5, 0.6) is 0 Å². The van der Waals surface area contributed by atoms with Gasteiger partial charge in [-0.2, -0.15) is 0 Å². The van der Waals surface area contributed by atoms with Gasteiger partial charge in [0.1, 0.15) is 0 Å². The summed E-state index contributed by atoms with van der Waals surface area (Å²) in [5, 5.41) is 21.8. The van der Waals surface area contributed by atoms with Crippen LogP contribution < -0.4 is 5.32 Å². The highest BCUT2D eigenvalue weighted by atomic mass is 15.6. The van der Waals surface area contributed by atoms with Gasteiger partial charge in [0.15, 0.2) is 5.82 Å². The predicted octanol–water partition coefficient (Wildman–Crippen LogP) is 2.35. The summed E-state index contributed by atoms with van der Waals surface area (Å²) in [6, 6.07) is 8.83. The van der Waals surface area contributed by atoms with Crippen molar-refractivity contribution in [2.24, 2.45) is 0 Å². The second-order valence-corrected chi connectivity index (χ2v) is 6.55. The lowest BCUT2D eigenvalue weighted by molar-refractivity contribution is 0.160. The minimum absolute atomic E-state index is 0.693. The van der Waals surface area contributed by atoms with E-state index in [1.165, 1.54) is 30.4 Å². The van der Waals surface area contributed by atoms with E-state index in [4.69, 9.17) is 0 Å². The minimum Gasteiger partial charge on any atom is -0.368 e. The molecule has 1 saturated heterocycles. The number of piperidine rings is 1. The van der Waals surface area contributed by atoms with Crippen LogP contribution in [-0.4, -0.2) is 55.8 Å². The zero-order valence-corrected chi connectivity index (χ0v) is 14.0. The van der Waals surface area contributed by atoms with Crippen molar-refractivity contribution in [3.05, 3.63) is 24.3 Å². The molecule has 4 rings (SSSR count). The number of anilines is 1. The molecule has 1 unspecified atom stereocenters. The molecule has 24 heavy (non-hydrogen) atoms. The molecule has 3 aromatic rings. The molecule has 3 heterocycles. The second kappa shape index (κ2) is 6.68. The topological polar surface area (TPSA) is 71.2 Å². The highest BCUT2D eigenvalue weighted by molar-refractivity contribution is 5.99. The molecule has 0 saturated carbocycles. The van der Waals surface area contributed by atoms with Crippen molar-refractivity contribution in [2.75, 3.05) is 25.0 Å². The molecule has 0 bridgehead atoms. The molecule has 1 aliphatic rings. The summed E-state index contributed by atoms with van der Waals surface area (Å²) in [5.41, 5.74) is 0.693. The molecule has 0 radical (unpaired) electrons. The number of rotatable bonds is 5. The number of hydrogen-bond acceptors (Lipinski definition) is 6. The Morgan fingerprint density at radius 3 is 2.96 bits per heavy atom. The molecular weight excluding hydrogens is 302 g/mol. The van der Waals surface area contributed by atoms with Crippen molar-refractivity contribution in [2.45, 2.75) is 38.6 Å². The maximum Gasteiger partial charge on any atom is 0.207 e. The molecule has 1 aliphatic heterocycles. The minimum atomic E-state index is 0.693. The van der Waals surface area contributed by atoms with Gasteiger partial charge in [0, 0.05) is 29.9 Å². The van der Waals surface area contributed by atoms with Gasteiger partial charge in [-0.1, -0.05) is 30.7 Å². The highest BCUT2D eigenvalue weighted by Gasteiger charge is 2.17. The Labute approximate surface area is 141 Å². The summed E-state index contributed by atoms with van der Waals surface area (Å²) in [6.45, 7) is 5.61. The van der Waals surface area contributed by atoms with E-state index in [-0.39, 0.29) is 0 Å². The Balaban J connectivity index is 1.46. The van der Waals surface area contributed by atoms with Crippen LogP contribution in [0.1, 0.15) is 32.6 Å². The maximum atomic E-state index is 4.52. The van der Waals surface area contributed by atoms with Gasteiger partial charge in [-0.3, -0.25) is 0 Å². The zero-order valence-electron chi connectivity index (χ0n) is 14.0. The van der Waals surface area contributed by atoms with Gasteiger partial charge in [-0.25, -0.2) is 0 Å². The number of fused-ring (bicyclic) bond motifs is 3. The molecule has 1 aromatic carbocycles. The largest absolute Gasteiger partial charge is 0.368 e. The Bertz CT molecular complexity index is 828. The first kappa shape index (κ1) is 15.3. The van der Waals surface area contributed by atoms with Crippen molar-refractivity contribution in [3.63, 3.8) is 0 Å². The first-order chi connectivity index (χ1) is 11.8. The Morgan fingerprint density at radius 2 is 2.08 bits per heavy atom. The molecular formula is C17H23N7. The fourth-order valence-electron chi connectivity index (χ4n) is 3.55. The van der Waals surface area contributed by atoms with Crippen LogP contribution in [0.15, 0.2) is 24.3 Å². The maximum absolute atomic E-state index is 4.52. The number of nitrogens with one attached hydrogen (secondary N) is 1. The Hall–Kier alpha value is -2.28. The number of nitrogens with zero attached hydrogens (tertiary/aromatic N) is 6. The quantitative estimate of drug-likeness (QED) is 0.726. The third-order valence-corrected chi connectivity index (χ3v) is 4.93. The van der Waals surface area contributed by atoms with Crippen LogP contribution in [0, 0.1) is 0 Å². The fraction of sp³-hybridized carbons (Fsp3) is 0.529. The monoisotopic (exact) mass is 325 g/mol. The van der Waals surface area contributed by atoms with E-state index in [9.17, 15) is 0 Å². The fourth-order valence-corrected chi connectivity index (χ4v) is 3.55. The van der Waals surface area contributed by atoms with E-state index in [0.29, 0.717) is 5.65 Å². The Morgan fingerprint density at radius 1 is 1.21 bits per heavy atom. The molecule has 1 atom stereocenters. The average Bonchev–Trinajstić information content (AvgIpc) is 3.09. The SMILES string of the molecule is CC1CCCCN1CCCNc1nn2nnnc2c2ccccc12. The molecule has 7 heteroatoms. The molecule has 1 N–H and O–H groups in total. The normalized spacial score (nSPS) is 19.1. The van der Waals surface area contributed by atoms with Gasteiger partial charge in [-0.05, 0) is 43.2 Å². The number of likely N-dealkylation sites (tertiary alicyclic amines) is 1. The number of aromatic nitrogens is 5. The van der Waals surface area contributed by atoms with Gasteiger partial charge in [0.2, 0.25) is 5.65 Å². The van der Waals surface area contributed by atoms with Gasteiger partial charge in [0.05, 0.1) is 0 Å². The lowest BCUT2D eigenvalue weighted by Gasteiger charge is -2.33. The predicted molar refractivity (Wildman–Crippen MR) is 94.1 cm³/mol. The molecule has 1 fully saturated rings. The summed E-state index contributed by atoms with van der Waals surface area (Å²) in [4.78, 5) is 2.60. The van der Waals surface area contributed by atoms with E-state index < -0.39 is 0 Å². The third kappa shape index (κ3) is 2.91. The molecule has 0 aliphatic carbocycles. The van der Waals surface area contributed by atoms with Crippen molar-refractivity contribution >= 4 is 22.2 Å². The number of tetrazole rings is 1. The average molecular weight is 325 g/mol. The first-order valence-electron chi connectivity index (χ1n) is 8.78. The summed E-state index contributed by atoms with van der Waals surface area (Å²) in [5.74, 6) is 0.845. The molecule has 0 amide bonds. The summed E-state index contributed by atoms with van der Waals surface area (Å²) < 4.78 is 1.50. The van der Waals surface area contributed by atoms with E-state index in [2.05, 4.69) is 43.8 Å². The third-order valence-electron chi connectivity index (χ3n) is 4.93. The van der Waals surface area contributed by atoms with E-state index in [1.807, 2.05) is 18.2 Å². The van der Waals surface area contributed by atoms with Crippen molar-refractivity contribution < 1.29 is 0 Å². The van der Waals surface area contributed by atoms with Crippen LogP contribution in [0.3, 0.4) is 0 Å². The van der Waals surface area contributed by atoms with Gasteiger partial charge < -0.3 is 10.2 Å². The van der Waals surface area contributed by atoms with Crippen LogP contribution in [-0.2, 0) is 0 Å². The lowest BCUT2D eigenvalue weighted by Crippen LogP contribution is -2.38. The first-order valence-corrected chi connectivity index (χ1v) is 8.78. The number of hydrogen-bond donors (Lipinski definition) is 1. The molecule has 0 spiro atoms. The van der Waals surface area contributed by atoms with Crippen molar-refractivity contribution in [1.29, 1.82) is 0 Å². The summed E-state index contributed by atoms with van der Waals surface area (Å²) in [7, 11) is 0. The van der Waals surface area contributed by atoms with Gasteiger partial charge in [0.25, 0.3) is 0 Å². The van der Waals surface area contributed by atoms with E-state index >= 15 is 0 Å². The standard InChI is InChI=1S/C17H23N7/c1-13-7-4-5-11-23(13)12-6-10-18-16-14-8-2-3-9-15(14)17-19-21-22-24(17)20-16/h2-3,8-9,13H,4-7,10-12H2,1H3,(H,18,20). The van der Waals surface area contributed by atoms with Crippen LogP contribution in [0.4, 0.5) is 5.82 Å². The van der Waals surface area contributed by atoms with Gasteiger partial charge in [-0.15, -0.1) is 14.8 Å². The smallest absolute Gasteiger partial charge is 0.207 e. The molecule has 7 nitrogen and oxygen atoms in total. The highest BCUT2D eigenvalue weighted by Crippen LogP contribution is 2.23. The van der Waals surface area contributed by atoms with Crippen molar-refractivity contribution in [1.82, 2.24) is 30.2 Å². The molecule has 2 aromatic heterocycles. The van der Waals surface area contributed by atoms with E-state index in [0.717, 1.165) is 42.1 Å². The van der Waals surface area contributed by atoms with Crippen LogP contribution in [0.25, 0.3) is 16.4 Å². The van der Waals surface area contributed by atoms with E-state index in [1.54, 1.807) is 0 Å². The second-order valence-electron chi connectivity index (χ2n) is 6.55.